The Morgan fingerprint density at radius 3 is 2.95 bits per heavy atom. The van der Waals surface area contributed by atoms with Crippen molar-refractivity contribution in [2.45, 2.75) is 33.0 Å². The molecule has 1 aliphatic heterocycles. The highest BCUT2D eigenvalue weighted by Crippen LogP contribution is 2.26. The van der Waals surface area contributed by atoms with E-state index in [4.69, 9.17) is 4.74 Å². The third-order valence-corrected chi connectivity index (χ3v) is 3.62. The van der Waals surface area contributed by atoms with Crippen molar-refractivity contribution in [2.75, 3.05) is 37.0 Å². The minimum Gasteiger partial charge on any atom is -0.393 e. The fourth-order valence-electron chi connectivity index (χ4n) is 2.50. The predicted octanol–water partition coefficient (Wildman–Crippen LogP) is 1.26. The van der Waals surface area contributed by atoms with Crippen molar-refractivity contribution in [2.24, 2.45) is 5.92 Å². The van der Waals surface area contributed by atoms with E-state index in [0.717, 1.165) is 37.7 Å². The fraction of sp³-hybridized carbons (Fsp3) is 0.714. The van der Waals surface area contributed by atoms with E-state index in [0.29, 0.717) is 18.3 Å². The Kier molecular flexibility index (Phi) is 5.14. The van der Waals surface area contributed by atoms with E-state index in [1.165, 1.54) is 0 Å². The number of methoxy groups -OCH3 is 1. The second-order valence-electron chi connectivity index (χ2n) is 5.23. The molecular weight excluding hydrogens is 256 g/mol. The highest BCUT2D eigenvalue weighted by molar-refractivity contribution is 5.50. The van der Waals surface area contributed by atoms with E-state index in [1.54, 1.807) is 7.11 Å². The van der Waals surface area contributed by atoms with Gasteiger partial charge in [0.05, 0.1) is 6.10 Å². The van der Waals surface area contributed by atoms with Gasteiger partial charge in [0.15, 0.2) is 5.82 Å². The Bertz CT molecular complexity index is 415. The highest BCUT2D eigenvalue weighted by Gasteiger charge is 2.27. The van der Waals surface area contributed by atoms with Gasteiger partial charge in [-0.2, -0.15) is 0 Å². The van der Waals surface area contributed by atoms with Crippen molar-refractivity contribution < 1.29 is 9.84 Å². The number of nitrogens with zero attached hydrogens (tertiary/aromatic N) is 3. The molecule has 1 aromatic rings. The van der Waals surface area contributed by atoms with Gasteiger partial charge in [0, 0.05) is 38.7 Å². The van der Waals surface area contributed by atoms with Gasteiger partial charge in [0.2, 0.25) is 0 Å². The summed E-state index contributed by atoms with van der Waals surface area (Å²) in [5.41, 5.74) is 0. The summed E-state index contributed by atoms with van der Waals surface area (Å²) in [5.74, 6) is 2.73. The lowest BCUT2D eigenvalue weighted by atomic mass is 10.0. The van der Waals surface area contributed by atoms with Crippen LogP contribution in [-0.4, -0.2) is 47.9 Å². The first kappa shape index (κ1) is 15.0. The molecule has 0 saturated carbocycles. The van der Waals surface area contributed by atoms with Crippen LogP contribution < -0.4 is 10.2 Å². The summed E-state index contributed by atoms with van der Waals surface area (Å²) in [5, 5.41) is 12.9. The van der Waals surface area contributed by atoms with Gasteiger partial charge in [-0.1, -0.05) is 0 Å². The Morgan fingerprint density at radius 1 is 1.55 bits per heavy atom. The van der Waals surface area contributed by atoms with Crippen LogP contribution in [0.5, 0.6) is 0 Å². The second kappa shape index (κ2) is 6.85. The van der Waals surface area contributed by atoms with E-state index in [-0.39, 0.29) is 6.10 Å². The molecule has 1 aliphatic rings. The SMILES string of the molecule is CCNc1cc(N2CCC(C(C)O)C2)nc(COC)n1. The molecule has 0 radical (unpaired) electrons. The first-order valence-corrected chi connectivity index (χ1v) is 7.17. The molecule has 0 spiro atoms. The fourth-order valence-corrected chi connectivity index (χ4v) is 2.50. The molecule has 20 heavy (non-hydrogen) atoms. The van der Waals surface area contributed by atoms with E-state index in [2.05, 4.69) is 20.2 Å². The average molecular weight is 280 g/mol. The van der Waals surface area contributed by atoms with Gasteiger partial charge in [-0.3, -0.25) is 0 Å². The van der Waals surface area contributed by atoms with Gasteiger partial charge in [-0.25, -0.2) is 9.97 Å². The van der Waals surface area contributed by atoms with Crippen molar-refractivity contribution in [3.8, 4) is 0 Å². The van der Waals surface area contributed by atoms with E-state index in [1.807, 2.05) is 19.9 Å². The molecule has 0 amide bonds. The van der Waals surface area contributed by atoms with E-state index >= 15 is 0 Å². The molecule has 2 unspecified atom stereocenters. The number of aromatic nitrogens is 2. The molecule has 2 N–H and O–H groups in total. The lowest BCUT2D eigenvalue weighted by molar-refractivity contribution is 0.136. The maximum atomic E-state index is 9.70. The van der Waals surface area contributed by atoms with Crippen molar-refractivity contribution in [3.63, 3.8) is 0 Å². The molecule has 2 atom stereocenters. The maximum absolute atomic E-state index is 9.70. The lowest BCUT2D eigenvalue weighted by Crippen LogP contribution is -2.25. The standard InChI is InChI=1S/C14H24N4O2/c1-4-15-12-7-14(17-13(16-12)9-20-3)18-6-5-11(8-18)10(2)19/h7,10-11,19H,4-6,8-9H2,1-3H3,(H,15,16,17). The van der Waals surface area contributed by atoms with Crippen LogP contribution >= 0.6 is 0 Å². The summed E-state index contributed by atoms with van der Waals surface area (Å²) in [6.07, 6.45) is 0.728. The molecule has 1 aromatic heterocycles. The first-order chi connectivity index (χ1) is 9.63. The van der Waals surface area contributed by atoms with Crippen LogP contribution in [0.4, 0.5) is 11.6 Å². The summed E-state index contributed by atoms with van der Waals surface area (Å²) in [7, 11) is 1.64. The number of rotatable bonds is 6. The molecular formula is C14H24N4O2. The first-order valence-electron chi connectivity index (χ1n) is 7.17. The molecule has 1 fully saturated rings. The van der Waals surface area contributed by atoms with Crippen LogP contribution in [-0.2, 0) is 11.3 Å². The van der Waals surface area contributed by atoms with Gasteiger partial charge in [0.25, 0.3) is 0 Å². The number of aliphatic hydroxyl groups excluding tert-OH is 1. The van der Waals surface area contributed by atoms with Gasteiger partial charge in [0.1, 0.15) is 18.2 Å². The second-order valence-corrected chi connectivity index (χ2v) is 5.23. The number of ether oxygens (including phenoxy) is 1. The van der Waals surface area contributed by atoms with Crippen molar-refractivity contribution in [1.82, 2.24) is 9.97 Å². The van der Waals surface area contributed by atoms with E-state index < -0.39 is 0 Å². The zero-order chi connectivity index (χ0) is 14.5. The monoisotopic (exact) mass is 280 g/mol. The normalized spacial score (nSPS) is 20.2. The van der Waals surface area contributed by atoms with Crippen LogP contribution in [0.2, 0.25) is 0 Å². The molecule has 0 aromatic carbocycles. The summed E-state index contributed by atoms with van der Waals surface area (Å²) in [6.45, 7) is 6.88. The summed E-state index contributed by atoms with van der Waals surface area (Å²) in [4.78, 5) is 11.2. The van der Waals surface area contributed by atoms with Crippen LogP contribution in [0, 0.1) is 5.92 Å². The number of aliphatic hydroxyl groups is 1. The molecule has 2 heterocycles. The van der Waals surface area contributed by atoms with Gasteiger partial charge < -0.3 is 20.1 Å². The van der Waals surface area contributed by atoms with Crippen molar-refractivity contribution in [1.29, 1.82) is 0 Å². The van der Waals surface area contributed by atoms with Gasteiger partial charge >= 0.3 is 0 Å². The zero-order valence-corrected chi connectivity index (χ0v) is 12.5. The molecule has 2 rings (SSSR count). The number of anilines is 2. The highest BCUT2D eigenvalue weighted by atomic mass is 16.5. The van der Waals surface area contributed by atoms with Gasteiger partial charge in [-0.15, -0.1) is 0 Å². The van der Waals surface area contributed by atoms with Crippen LogP contribution in [0.3, 0.4) is 0 Å². The van der Waals surface area contributed by atoms with Gasteiger partial charge in [-0.05, 0) is 20.3 Å². The van der Waals surface area contributed by atoms with Crippen LogP contribution in [0.1, 0.15) is 26.1 Å². The zero-order valence-electron chi connectivity index (χ0n) is 12.5. The topological polar surface area (TPSA) is 70.5 Å². The minimum absolute atomic E-state index is 0.270. The summed E-state index contributed by atoms with van der Waals surface area (Å²) in [6, 6.07) is 1.97. The molecule has 1 saturated heterocycles. The van der Waals surface area contributed by atoms with Crippen molar-refractivity contribution in [3.05, 3.63) is 11.9 Å². The smallest absolute Gasteiger partial charge is 0.158 e. The summed E-state index contributed by atoms with van der Waals surface area (Å²) >= 11 is 0. The maximum Gasteiger partial charge on any atom is 0.158 e. The Labute approximate surface area is 120 Å². The number of hydrogen-bond donors (Lipinski definition) is 2. The minimum atomic E-state index is -0.270. The third kappa shape index (κ3) is 3.58. The molecule has 0 bridgehead atoms. The van der Waals surface area contributed by atoms with Crippen LogP contribution in [0.15, 0.2) is 6.07 Å². The van der Waals surface area contributed by atoms with E-state index in [9.17, 15) is 5.11 Å². The lowest BCUT2D eigenvalue weighted by Gasteiger charge is -2.20. The summed E-state index contributed by atoms with van der Waals surface area (Å²) < 4.78 is 5.13. The quantitative estimate of drug-likeness (QED) is 0.817. The Hall–Kier alpha value is -1.40. The third-order valence-electron chi connectivity index (χ3n) is 3.62. The largest absolute Gasteiger partial charge is 0.393 e. The number of hydrogen-bond acceptors (Lipinski definition) is 6. The molecule has 6 heteroatoms. The van der Waals surface area contributed by atoms with Crippen LogP contribution in [0.25, 0.3) is 0 Å². The predicted molar refractivity (Wildman–Crippen MR) is 78.9 cm³/mol. The number of nitrogens with one attached hydrogen (secondary N) is 1. The molecule has 0 aliphatic carbocycles. The molecule has 112 valence electrons. The average Bonchev–Trinajstić information content (AvgIpc) is 2.89. The molecule has 6 nitrogen and oxygen atoms in total. The Morgan fingerprint density at radius 2 is 2.35 bits per heavy atom. The van der Waals surface area contributed by atoms with Crippen molar-refractivity contribution >= 4 is 11.6 Å². The Balaban J connectivity index is 2.17.